The zero-order valence-electron chi connectivity index (χ0n) is 25.4. The molecule has 3 aromatic rings. The summed E-state index contributed by atoms with van der Waals surface area (Å²) >= 11 is 6.56. The van der Waals surface area contributed by atoms with Crippen molar-refractivity contribution in [3.63, 3.8) is 0 Å². The third kappa shape index (κ3) is 9.75. The van der Waals surface area contributed by atoms with Gasteiger partial charge in [0.15, 0.2) is 5.78 Å². The summed E-state index contributed by atoms with van der Waals surface area (Å²) in [5.74, 6) is -0.519. The highest BCUT2D eigenvalue weighted by Gasteiger charge is 2.51. The summed E-state index contributed by atoms with van der Waals surface area (Å²) in [7, 11) is -4.28. The molecule has 2 atom stereocenters. The van der Waals surface area contributed by atoms with Crippen LogP contribution < -0.4 is 5.32 Å². The van der Waals surface area contributed by atoms with Crippen molar-refractivity contribution in [2.24, 2.45) is 0 Å². The minimum absolute atomic E-state index is 0.0559. The second kappa shape index (κ2) is 15.6. The van der Waals surface area contributed by atoms with Gasteiger partial charge in [-0.25, -0.2) is 9.36 Å². The minimum Gasteiger partial charge on any atom is -0.444 e. The average Bonchev–Trinajstić information content (AvgIpc) is 2.99. The number of carbonyl (C=O) groups excluding carboxylic acids is 2. The van der Waals surface area contributed by atoms with Gasteiger partial charge in [-0.3, -0.25) is 18.4 Å². The van der Waals surface area contributed by atoms with E-state index in [1.165, 1.54) is 0 Å². The molecule has 3 aromatic carbocycles. The third-order valence-electron chi connectivity index (χ3n) is 6.50. The van der Waals surface area contributed by atoms with Crippen LogP contribution in [0.5, 0.6) is 0 Å². The lowest BCUT2D eigenvalue weighted by atomic mass is 9.74. The fourth-order valence-electron chi connectivity index (χ4n) is 4.64. The number of alkyl carbamates (subject to hydrolysis) is 1. The number of hydrogen-bond acceptors (Lipinski definition) is 7. The Morgan fingerprint density at radius 2 is 1.42 bits per heavy atom. The quantitative estimate of drug-likeness (QED) is 0.224. The van der Waals surface area contributed by atoms with Gasteiger partial charge >= 0.3 is 13.9 Å². The molecule has 1 aliphatic rings. The maximum absolute atomic E-state index is 14.2. The lowest BCUT2D eigenvalue weighted by molar-refractivity contribution is -0.137. The van der Waals surface area contributed by atoms with Crippen molar-refractivity contribution in [3.05, 3.63) is 107 Å². The van der Waals surface area contributed by atoms with Crippen molar-refractivity contribution in [3.8, 4) is 0 Å². The Morgan fingerprint density at radius 3 is 1.93 bits per heavy atom. The van der Waals surface area contributed by atoms with Crippen LogP contribution in [0.3, 0.4) is 0 Å². The van der Waals surface area contributed by atoms with Crippen LogP contribution in [0.15, 0.2) is 84.9 Å². The molecule has 0 bridgehead atoms. The van der Waals surface area contributed by atoms with E-state index in [0.29, 0.717) is 17.0 Å². The maximum Gasteiger partial charge on any atom is 0.476 e. The number of nitrogens with one attached hydrogen (secondary N) is 1. The van der Waals surface area contributed by atoms with Gasteiger partial charge in [0.2, 0.25) is 0 Å². The molecule has 1 saturated carbocycles. The first-order chi connectivity index (χ1) is 20.5. The predicted molar refractivity (Wildman–Crippen MR) is 168 cm³/mol. The fourth-order valence-corrected chi connectivity index (χ4v) is 6.26. The molecule has 232 valence electrons. The van der Waals surface area contributed by atoms with E-state index in [1.54, 1.807) is 45.0 Å². The summed E-state index contributed by atoms with van der Waals surface area (Å²) in [4.78, 5) is 27.2. The number of phosphoric ester groups is 1. The smallest absolute Gasteiger partial charge is 0.444 e. The minimum atomic E-state index is -4.28. The van der Waals surface area contributed by atoms with Crippen molar-refractivity contribution in [1.82, 2.24) is 5.32 Å². The molecule has 0 saturated heterocycles. The molecule has 10 heteroatoms. The van der Waals surface area contributed by atoms with Gasteiger partial charge in [-0.2, -0.15) is 0 Å². The summed E-state index contributed by atoms with van der Waals surface area (Å²) in [5.41, 5.74) is -0.465. The summed E-state index contributed by atoms with van der Waals surface area (Å²) in [6, 6.07) is 25.1. The number of phosphoric acid groups is 1. The molecular weight excluding hydrogens is 589 g/mol. The van der Waals surface area contributed by atoms with E-state index in [-0.39, 0.29) is 26.1 Å². The highest BCUT2D eigenvalue weighted by Crippen LogP contribution is 2.54. The Hall–Kier alpha value is -3.00. The van der Waals surface area contributed by atoms with Crippen molar-refractivity contribution in [1.29, 1.82) is 0 Å². The van der Waals surface area contributed by atoms with Crippen LogP contribution in [-0.2, 0) is 46.4 Å². The standard InChI is InChI=1S/C31H35ClNO7P.C2H6/c1-30(2,3)39-29(35)33-31(25-17-10-11-18-26(25)32)20-12-19-27(28(31)34)40-41(36,37-21-23-13-6-4-7-14-23)38-22-24-15-8-5-9-16-24;1-2/h4-11,13-18,27H,12,19-22H2,1-3H3,(H,33,35);1-2H3/t27-,31-;/m1./s1. The SMILES string of the molecule is CC.CC(C)(C)OC(=O)N[C@@]1(c2ccccc2Cl)CCC[C@@H](OP(=O)(OCc2ccccc2)OCc2ccccc2)C1=O. The molecule has 0 aromatic heterocycles. The monoisotopic (exact) mass is 629 g/mol. The van der Waals surface area contributed by atoms with Crippen LogP contribution in [0.25, 0.3) is 0 Å². The van der Waals surface area contributed by atoms with Gasteiger partial charge in [-0.05, 0) is 57.2 Å². The molecule has 4 rings (SSSR count). The van der Waals surface area contributed by atoms with Crippen LogP contribution in [0.4, 0.5) is 4.79 Å². The van der Waals surface area contributed by atoms with Crippen LogP contribution in [-0.4, -0.2) is 23.6 Å². The van der Waals surface area contributed by atoms with Gasteiger partial charge in [0.05, 0.1) is 13.2 Å². The maximum atomic E-state index is 14.2. The zero-order chi connectivity index (χ0) is 31.5. The Bertz CT molecular complexity index is 1330. The van der Waals surface area contributed by atoms with Gasteiger partial charge in [-0.15, -0.1) is 0 Å². The zero-order valence-corrected chi connectivity index (χ0v) is 27.0. The normalized spacial score (nSPS) is 18.7. The van der Waals surface area contributed by atoms with Crippen LogP contribution >= 0.6 is 19.4 Å². The Balaban J connectivity index is 0.00000248. The number of ether oxygens (including phenoxy) is 1. The number of halogens is 1. The topological polar surface area (TPSA) is 100 Å². The molecule has 43 heavy (non-hydrogen) atoms. The van der Waals surface area contributed by atoms with Crippen molar-refractivity contribution in [2.45, 2.75) is 84.3 Å². The van der Waals surface area contributed by atoms with Gasteiger partial charge < -0.3 is 10.1 Å². The van der Waals surface area contributed by atoms with Crippen molar-refractivity contribution < 1.29 is 32.5 Å². The fraction of sp³-hybridized carbons (Fsp3) is 0.394. The Labute approximate surface area is 259 Å². The lowest BCUT2D eigenvalue weighted by Gasteiger charge is -2.41. The van der Waals surface area contributed by atoms with E-state index < -0.39 is 36.9 Å². The largest absolute Gasteiger partial charge is 0.476 e. The van der Waals surface area contributed by atoms with E-state index in [4.69, 9.17) is 29.9 Å². The number of hydrogen-bond donors (Lipinski definition) is 1. The molecule has 0 aliphatic heterocycles. The van der Waals surface area contributed by atoms with Crippen molar-refractivity contribution >= 4 is 31.3 Å². The molecule has 1 aliphatic carbocycles. The number of amides is 1. The highest BCUT2D eigenvalue weighted by atomic mass is 35.5. The van der Waals surface area contributed by atoms with Gasteiger partial charge in [0.1, 0.15) is 17.2 Å². The molecule has 1 amide bonds. The summed E-state index contributed by atoms with van der Waals surface area (Å²) < 4.78 is 37.0. The van der Waals surface area contributed by atoms with Crippen molar-refractivity contribution in [2.75, 3.05) is 0 Å². The predicted octanol–water partition coefficient (Wildman–Crippen LogP) is 8.77. The molecule has 0 radical (unpaired) electrons. The van der Waals surface area contributed by atoms with E-state index in [2.05, 4.69) is 5.32 Å². The number of ketones is 1. The second-order valence-corrected chi connectivity index (χ2v) is 12.9. The van der Waals surface area contributed by atoms with Gasteiger partial charge in [-0.1, -0.05) is 104 Å². The van der Waals surface area contributed by atoms with E-state index in [9.17, 15) is 14.2 Å². The molecule has 0 unspecified atom stereocenters. The first-order valence-corrected chi connectivity index (χ1v) is 16.3. The lowest BCUT2D eigenvalue weighted by Crippen LogP contribution is -2.58. The van der Waals surface area contributed by atoms with E-state index in [0.717, 1.165) is 11.1 Å². The van der Waals surface area contributed by atoms with Crippen LogP contribution in [0.2, 0.25) is 5.02 Å². The number of Topliss-reactive ketones (excluding diaryl/α,β-unsaturated/α-hetero) is 1. The van der Waals surface area contributed by atoms with E-state index >= 15 is 0 Å². The Morgan fingerprint density at radius 1 is 0.907 bits per heavy atom. The molecule has 1 fully saturated rings. The molecule has 0 spiro atoms. The summed E-state index contributed by atoms with van der Waals surface area (Å²) in [6.07, 6.45) is -1.06. The average molecular weight is 630 g/mol. The van der Waals surface area contributed by atoms with Gasteiger partial charge in [0, 0.05) is 10.6 Å². The molecular formula is C33H41ClNO7P. The highest BCUT2D eigenvalue weighted by molar-refractivity contribution is 7.48. The second-order valence-electron chi connectivity index (χ2n) is 10.8. The Kier molecular flexibility index (Phi) is 12.5. The first kappa shape index (κ1) is 34.5. The third-order valence-corrected chi connectivity index (χ3v) is 8.23. The van der Waals surface area contributed by atoms with Crippen LogP contribution in [0, 0.1) is 0 Å². The number of carbonyl (C=O) groups is 2. The van der Waals surface area contributed by atoms with Crippen LogP contribution in [0.1, 0.15) is 70.6 Å². The first-order valence-electron chi connectivity index (χ1n) is 14.5. The molecule has 1 N–H and O–H groups in total. The van der Waals surface area contributed by atoms with E-state index in [1.807, 2.05) is 74.5 Å². The summed E-state index contributed by atoms with van der Waals surface area (Å²) in [5, 5.41) is 3.07. The molecule has 8 nitrogen and oxygen atoms in total. The number of benzene rings is 3. The molecule has 0 heterocycles. The van der Waals surface area contributed by atoms with Gasteiger partial charge in [0.25, 0.3) is 0 Å². The number of rotatable bonds is 10. The summed E-state index contributed by atoms with van der Waals surface area (Å²) in [6.45, 7) is 9.08.